The van der Waals surface area contributed by atoms with Gasteiger partial charge in [-0.1, -0.05) is 616 Å². The highest BCUT2D eigenvalue weighted by Crippen LogP contribution is 2.24. The van der Waals surface area contributed by atoms with Gasteiger partial charge < -0.3 is 0 Å². The van der Waals surface area contributed by atoms with Crippen molar-refractivity contribution in [3.63, 3.8) is 0 Å². The number of rotatable bonds is 0. The summed E-state index contributed by atoms with van der Waals surface area (Å²) in [6, 6.07) is 0. The van der Waals surface area contributed by atoms with E-state index in [0.29, 0.717) is 0 Å². The molecular formula is C96H192. The normalized spacial score (nSPS) is 24.0. The van der Waals surface area contributed by atoms with E-state index in [2.05, 4.69) is 0 Å². The fraction of sp³-hybridized carbons (Fsp3) is 1.00. The second kappa shape index (κ2) is 91.1. The van der Waals surface area contributed by atoms with E-state index in [1.807, 2.05) is 0 Å². The largest absolute Gasteiger partial charge is 0.0533 e. The minimum atomic E-state index is 1.50. The van der Waals surface area contributed by atoms with Gasteiger partial charge in [0.2, 0.25) is 0 Å². The molecule has 576 valence electrons. The summed E-state index contributed by atoms with van der Waals surface area (Å²) in [6.45, 7) is 0. The van der Waals surface area contributed by atoms with E-state index < -0.39 is 0 Å². The fourth-order valence-corrected chi connectivity index (χ4v) is 17.0. The van der Waals surface area contributed by atoms with Crippen LogP contribution in [-0.2, 0) is 0 Å². The van der Waals surface area contributed by atoms with Crippen molar-refractivity contribution >= 4 is 0 Å². The Hall–Kier alpha value is 0. The minimum absolute atomic E-state index is 1.50. The molecular weight excluding hydrogens is 1150 g/mol. The van der Waals surface area contributed by atoms with Crippen molar-refractivity contribution in [1.82, 2.24) is 0 Å². The Morgan fingerprint density at radius 3 is 0.0417 bits per heavy atom. The summed E-state index contributed by atoms with van der Waals surface area (Å²) in [5.74, 6) is 0. The summed E-state index contributed by atoms with van der Waals surface area (Å²) in [5, 5.41) is 0. The minimum Gasteiger partial charge on any atom is -0.0533 e. The molecule has 0 aromatic rings. The third-order valence-electron chi connectivity index (χ3n) is 24.0. The maximum absolute atomic E-state index is 1.50. The van der Waals surface area contributed by atoms with Crippen molar-refractivity contribution in [3.05, 3.63) is 0 Å². The highest BCUT2D eigenvalue weighted by Gasteiger charge is 2.04. The van der Waals surface area contributed by atoms with Crippen molar-refractivity contribution in [1.29, 1.82) is 0 Å². The molecule has 0 aliphatic heterocycles. The van der Waals surface area contributed by atoms with Gasteiger partial charge in [-0.25, -0.2) is 0 Å². The second-order valence-electron chi connectivity index (χ2n) is 33.9. The van der Waals surface area contributed by atoms with Crippen LogP contribution in [0, 0.1) is 0 Å². The molecule has 0 N–H and O–H groups in total. The molecule has 0 heteroatoms. The van der Waals surface area contributed by atoms with Crippen molar-refractivity contribution in [2.45, 2.75) is 616 Å². The van der Waals surface area contributed by atoms with Crippen molar-refractivity contribution in [2.75, 3.05) is 0 Å². The summed E-state index contributed by atoms with van der Waals surface area (Å²) in [4.78, 5) is 0. The van der Waals surface area contributed by atoms with Crippen LogP contribution in [0.5, 0.6) is 0 Å². The summed E-state index contributed by atoms with van der Waals surface area (Å²) < 4.78 is 0. The quantitative estimate of drug-likeness (QED) is 0.227. The van der Waals surface area contributed by atoms with Crippen LogP contribution in [0.15, 0.2) is 0 Å². The van der Waals surface area contributed by atoms with Crippen molar-refractivity contribution in [3.8, 4) is 0 Å². The first-order chi connectivity index (χ1) is 48.0. The Kier molecular flexibility index (Phi) is 89.2. The van der Waals surface area contributed by atoms with Gasteiger partial charge in [0.25, 0.3) is 0 Å². The van der Waals surface area contributed by atoms with Gasteiger partial charge in [0.1, 0.15) is 0 Å². The van der Waals surface area contributed by atoms with E-state index >= 15 is 0 Å². The zero-order valence-electron chi connectivity index (χ0n) is 67.9. The Morgan fingerprint density at radius 1 is 0.0208 bits per heavy atom. The maximum atomic E-state index is 1.50. The van der Waals surface area contributed by atoms with Gasteiger partial charge in [-0.2, -0.15) is 0 Å². The van der Waals surface area contributed by atoms with Gasteiger partial charge in [-0.15, -0.1) is 0 Å². The Balaban J connectivity index is 2.00. The van der Waals surface area contributed by atoms with Crippen LogP contribution in [0.3, 0.4) is 0 Å². The van der Waals surface area contributed by atoms with E-state index in [1.54, 1.807) is 0 Å². The number of hydrogen-bond donors (Lipinski definition) is 0. The first-order valence-electron chi connectivity index (χ1n) is 48.0. The molecule has 1 aliphatic carbocycles. The average molecular weight is 1350 g/mol. The molecule has 0 bridgehead atoms. The predicted molar refractivity (Wildman–Crippen MR) is 443 cm³/mol. The van der Waals surface area contributed by atoms with E-state index in [9.17, 15) is 0 Å². The molecule has 1 fully saturated rings. The maximum Gasteiger partial charge on any atom is -0.0533 e. The first-order valence-corrected chi connectivity index (χ1v) is 48.0. The summed E-state index contributed by atoms with van der Waals surface area (Å²) >= 11 is 0. The lowest BCUT2D eigenvalue weighted by atomic mass is 10.0. The van der Waals surface area contributed by atoms with Gasteiger partial charge in [-0.05, 0) is 0 Å². The third-order valence-corrected chi connectivity index (χ3v) is 24.0. The fourth-order valence-electron chi connectivity index (χ4n) is 17.0. The van der Waals surface area contributed by atoms with Crippen LogP contribution in [0.4, 0.5) is 0 Å². The Bertz CT molecular complexity index is 632. The smallest absolute Gasteiger partial charge is 0.0533 e. The van der Waals surface area contributed by atoms with Gasteiger partial charge in [0.15, 0.2) is 0 Å². The summed E-state index contributed by atoms with van der Waals surface area (Å²) in [6.07, 6.45) is 144. The Labute approximate surface area is 612 Å². The molecule has 0 spiro atoms. The molecule has 96 heavy (non-hydrogen) atoms. The van der Waals surface area contributed by atoms with Crippen LogP contribution in [0.25, 0.3) is 0 Å². The van der Waals surface area contributed by atoms with E-state index in [0.717, 1.165) is 0 Å². The highest BCUT2D eigenvalue weighted by atomic mass is 14.1. The van der Waals surface area contributed by atoms with Crippen molar-refractivity contribution < 1.29 is 0 Å². The highest BCUT2D eigenvalue weighted by molar-refractivity contribution is 4.60. The van der Waals surface area contributed by atoms with E-state index in [1.165, 1.54) is 616 Å². The van der Waals surface area contributed by atoms with Crippen LogP contribution >= 0.6 is 0 Å². The van der Waals surface area contributed by atoms with Gasteiger partial charge in [-0.3, -0.25) is 0 Å². The molecule has 0 unspecified atom stereocenters. The molecule has 0 amide bonds. The molecule has 0 atom stereocenters. The van der Waals surface area contributed by atoms with Crippen LogP contribution in [0.2, 0.25) is 0 Å². The lowest BCUT2D eigenvalue weighted by Gasteiger charge is -2.05. The zero-order valence-corrected chi connectivity index (χ0v) is 67.9. The van der Waals surface area contributed by atoms with Gasteiger partial charge in [0, 0.05) is 0 Å². The van der Waals surface area contributed by atoms with Gasteiger partial charge >= 0.3 is 0 Å². The van der Waals surface area contributed by atoms with Crippen LogP contribution < -0.4 is 0 Å². The van der Waals surface area contributed by atoms with E-state index in [-0.39, 0.29) is 0 Å². The Morgan fingerprint density at radius 2 is 0.0312 bits per heavy atom. The first kappa shape index (κ1) is 94.0. The molecule has 0 radical (unpaired) electrons. The van der Waals surface area contributed by atoms with Crippen molar-refractivity contribution in [2.24, 2.45) is 0 Å². The molecule has 0 aromatic heterocycles. The SMILES string of the molecule is C1CCCCCCCCCCCCCCCCCCCCCCCCCCCCCCCCCCCCCCCCCCCCCCCCCCCCCCCCCCCCCCCCCCCCCCCCCCCCCCCCCCCCCCCCCCCCCCC1. The topological polar surface area (TPSA) is 0 Å². The zero-order chi connectivity index (χ0) is 67.9. The lowest BCUT2D eigenvalue weighted by Crippen LogP contribution is -1.85. The molecule has 1 aliphatic rings. The monoisotopic (exact) mass is 1350 g/mol. The summed E-state index contributed by atoms with van der Waals surface area (Å²) in [5.41, 5.74) is 0. The molecule has 0 saturated heterocycles. The molecule has 1 rings (SSSR count). The summed E-state index contributed by atoms with van der Waals surface area (Å²) in [7, 11) is 0. The average Bonchev–Trinajstić information content (AvgIpc) is 3.60. The standard InChI is InChI=1S/C96H192/c1-2-4-6-8-10-12-14-16-18-20-22-24-26-28-30-32-34-36-38-40-42-44-46-48-50-52-54-56-58-60-62-64-66-68-70-72-74-76-78-80-82-84-86-88-90-92-94-96-95-93-91-89-87-85-83-81-79-77-75-73-71-69-67-65-63-61-59-57-55-53-51-49-47-45-43-41-39-37-35-33-31-29-27-25-23-21-19-17-15-13-11-9-7-5-3-1/h1-96H2. The van der Waals surface area contributed by atoms with E-state index in [4.69, 9.17) is 0 Å². The predicted octanol–water partition coefficient (Wildman–Crippen LogP) is 37.4. The molecule has 0 nitrogen and oxygen atoms in total. The molecule has 0 heterocycles. The van der Waals surface area contributed by atoms with Gasteiger partial charge in [0.05, 0.1) is 0 Å². The molecule has 0 aromatic carbocycles. The second-order valence-corrected chi connectivity index (χ2v) is 33.9. The lowest BCUT2D eigenvalue weighted by molar-refractivity contribution is 0.504. The van der Waals surface area contributed by atoms with Crippen LogP contribution in [-0.4, -0.2) is 0 Å². The molecule has 1 saturated carbocycles. The van der Waals surface area contributed by atoms with Crippen LogP contribution in [0.1, 0.15) is 616 Å². The third kappa shape index (κ3) is 88.2. The number of hydrogen-bond acceptors (Lipinski definition) is 0.